The molecule has 0 aliphatic carbocycles. The Hall–Kier alpha value is -2.01. The Labute approximate surface area is 117 Å². The van der Waals surface area contributed by atoms with E-state index in [9.17, 15) is 18.0 Å². The molecular weight excluding hydrogens is 293 g/mol. The second-order valence-electron chi connectivity index (χ2n) is 3.93. The van der Waals surface area contributed by atoms with Crippen LogP contribution in [0, 0.1) is 0 Å². The Balaban J connectivity index is 2.28. The number of rotatable bonds is 3. The lowest BCUT2D eigenvalue weighted by molar-refractivity contribution is -0.274. The van der Waals surface area contributed by atoms with Gasteiger partial charge < -0.3 is 4.74 Å². The molecular formula is C14H8ClF3O2. The van der Waals surface area contributed by atoms with Crippen molar-refractivity contribution in [1.29, 1.82) is 0 Å². The highest BCUT2D eigenvalue weighted by molar-refractivity contribution is 6.33. The van der Waals surface area contributed by atoms with Crippen molar-refractivity contribution in [2.75, 3.05) is 0 Å². The number of carbonyl (C=O) groups is 1. The number of ether oxygens (including phenoxy) is 1. The zero-order valence-electron chi connectivity index (χ0n) is 9.95. The van der Waals surface area contributed by atoms with Crippen molar-refractivity contribution in [2.45, 2.75) is 6.36 Å². The van der Waals surface area contributed by atoms with Gasteiger partial charge in [-0.05, 0) is 23.8 Å². The first-order valence-corrected chi connectivity index (χ1v) is 5.88. The smallest absolute Gasteiger partial charge is 0.406 e. The number of hydrogen-bond acceptors (Lipinski definition) is 2. The summed E-state index contributed by atoms with van der Waals surface area (Å²) in [7, 11) is 0. The van der Waals surface area contributed by atoms with Gasteiger partial charge >= 0.3 is 6.36 Å². The van der Waals surface area contributed by atoms with E-state index in [4.69, 9.17) is 11.6 Å². The van der Waals surface area contributed by atoms with Gasteiger partial charge in [0, 0.05) is 16.1 Å². The Morgan fingerprint density at radius 1 is 1.05 bits per heavy atom. The topological polar surface area (TPSA) is 26.3 Å². The lowest BCUT2D eigenvalue weighted by atomic mass is 10.0. The van der Waals surface area contributed by atoms with E-state index in [2.05, 4.69) is 4.74 Å². The zero-order valence-corrected chi connectivity index (χ0v) is 10.7. The Morgan fingerprint density at radius 2 is 1.70 bits per heavy atom. The Bertz CT molecular complexity index is 621. The summed E-state index contributed by atoms with van der Waals surface area (Å²) < 4.78 is 39.9. The molecule has 0 fully saturated rings. The molecule has 0 aliphatic heterocycles. The molecule has 0 bridgehead atoms. The number of aldehydes is 1. The molecule has 2 rings (SSSR count). The first kappa shape index (κ1) is 14.4. The summed E-state index contributed by atoms with van der Waals surface area (Å²) in [5.74, 6) is -0.304. The SMILES string of the molecule is O=Cc1ccc(-c2ccc(OC(F)(F)F)cc2)c(Cl)c1. The zero-order chi connectivity index (χ0) is 14.8. The van der Waals surface area contributed by atoms with E-state index >= 15 is 0 Å². The van der Waals surface area contributed by atoms with Crippen molar-refractivity contribution in [3.8, 4) is 16.9 Å². The summed E-state index contributed by atoms with van der Waals surface area (Å²) in [5.41, 5.74) is 1.67. The molecule has 0 unspecified atom stereocenters. The van der Waals surface area contributed by atoms with Crippen LogP contribution in [0.5, 0.6) is 5.75 Å². The molecule has 0 N–H and O–H groups in total. The van der Waals surface area contributed by atoms with Crippen molar-refractivity contribution < 1.29 is 22.7 Å². The lowest BCUT2D eigenvalue weighted by Gasteiger charge is -2.10. The van der Waals surface area contributed by atoms with E-state index in [0.29, 0.717) is 28.0 Å². The van der Waals surface area contributed by atoms with Crippen molar-refractivity contribution >= 4 is 17.9 Å². The molecule has 6 heteroatoms. The van der Waals surface area contributed by atoms with Crippen molar-refractivity contribution in [3.63, 3.8) is 0 Å². The molecule has 2 aromatic rings. The first-order valence-electron chi connectivity index (χ1n) is 5.50. The summed E-state index contributed by atoms with van der Waals surface area (Å²) in [6, 6.07) is 10.0. The number of carbonyl (C=O) groups excluding carboxylic acids is 1. The monoisotopic (exact) mass is 300 g/mol. The van der Waals surface area contributed by atoms with Gasteiger partial charge in [0.05, 0.1) is 0 Å². The molecule has 0 amide bonds. The predicted molar refractivity (Wildman–Crippen MR) is 69.0 cm³/mol. The number of hydrogen-bond donors (Lipinski definition) is 0. The van der Waals surface area contributed by atoms with Gasteiger partial charge in [0.1, 0.15) is 12.0 Å². The summed E-state index contributed by atoms with van der Waals surface area (Å²) in [5, 5.41) is 0.346. The van der Waals surface area contributed by atoms with Gasteiger partial charge in [-0.3, -0.25) is 4.79 Å². The molecule has 104 valence electrons. The minimum atomic E-state index is -4.72. The fraction of sp³-hybridized carbons (Fsp3) is 0.0714. The molecule has 0 aromatic heterocycles. The molecule has 0 atom stereocenters. The van der Waals surface area contributed by atoms with Gasteiger partial charge in [-0.25, -0.2) is 0 Å². The van der Waals surface area contributed by atoms with Crippen LogP contribution in [0.15, 0.2) is 42.5 Å². The molecule has 0 aliphatic rings. The molecule has 0 saturated heterocycles. The molecule has 2 nitrogen and oxygen atoms in total. The number of alkyl halides is 3. The summed E-state index contributed by atoms with van der Waals surface area (Å²) in [6.07, 6.45) is -4.05. The lowest BCUT2D eigenvalue weighted by Crippen LogP contribution is -2.16. The van der Waals surface area contributed by atoms with Crippen molar-refractivity contribution in [2.24, 2.45) is 0 Å². The minimum Gasteiger partial charge on any atom is -0.406 e. The highest BCUT2D eigenvalue weighted by Gasteiger charge is 2.30. The second-order valence-corrected chi connectivity index (χ2v) is 4.34. The van der Waals surface area contributed by atoms with Crippen LogP contribution >= 0.6 is 11.6 Å². The maximum absolute atomic E-state index is 12.0. The van der Waals surface area contributed by atoms with Gasteiger partial charge in [0.2, 0.25) is 0 Å². The van der Waals surface area contributed by atoms with Gasteiger partial charge in [0.15, 0.2) is 0 Å². The van der Waals surface area contributed by atoms with Crippen LogP contribution in [-0.2, 0) is 0 Å². The third-order valence-electron chi connectivity index (χ3n) is 2.53. The van der Waals surface area contributed by atoms with Crippen LogP contribution in [0.2, 0.25) is 5.02 Å². The van der Waals surface area contributed by atoms with E-state index in [1.807, 2.05) is 0 Å². The highest BCUT2D eigenvalue weighted by atomic mass is 35.5. The van der Waals surface area contributed by atoms with Gasteiger partial charge in [-0.1, -0.05) is 35.9 Å². The van der Waals surface area contributed by atoms with Gasteiger partial charge in [-0.15, -0.1) is 13.2 Å². The average molecular weight is 301 g/mol. The van der Waals surface area contributed by atoms with E-state index in [1.165, 1.54) is 30.3 Å². The molecule has 2 aromatic carbocycles. The number of halogens is 4. The highest BCUT2D eigenvalue weighted by Crippen LogP contribution is 2.31. The molecule has 0 heterocycles. The second kappa shape index (κ2) is 5.54. The fourth-order valence-corrected chi connectivity index (χ4v) is 1.97. The number of benzene rings is 2. The van der Waals surface area contributed by atoms with Crippen molar-refractivity contribution in [1.82, 2.24) is 0 Å². The maximum atomic E-state index is 12.0. The summed E-state index contributed by atoms with van der Waals surface area (Å²) in [4.78, 5) is 10.6. The Kier molecular flexibility index (Phi) is 3.99. The van der Waals surface area contributed by atoms with Crippen molar-refractivity contribution in [3.05, 3.63) is 53.1 Å². The molecule has 0 saturated carbocycles. The average Bonchev–Trinajstić information content (AvgIpc) is 2.38. The fourth-order valence-electron chi connectivity index (χ4n) is 1.67. The molecule has 0 spiro atoms. The van der Waals surface area contributed by atoms with E-state index in [1.54, 1.807) is 12.1 Å². The van der Waals surface area contributed by atoms with E-state index in [0.717, 1.165) is 0 Å². The first-order chi connectivity index (χ1) is 9.39. The van der Waals surface area contributed by atoms with Crippen LogP contribution in [0.25, 0.3) is 11.1 Å². The quantitative estimate of drug-likeness (QED) is 0.767. The third-order valence-corrected chi connectivity index (χ3v) is 2.84. The normalized spacial score (nSPS) is 11.2. The summed E-state index contributed by atoms with van der Waals surface area (Å²) in [6.45, 7) is 0. The predicted octanol–water partition coefficient (Wildman–Crippen LogP) is 4.72. The minimum absolute atomic E-state index is 0.304. The molecule has 20 heavy (non-hydrogen) atoms. The van der Waals surface area contributed by atoms with Crippen LogP contribution in [-0.4, -0.2) is 12.6 Å². The Morgan fingerprint density at radius 3 is 2.20 bits per heavy atom. The van der Waals surface area contributed by atoms with Crippen LogP contribution in [0.1, 0.15) is 10.4 Å². The maximum Gasteiger partial charge on any atom is 0.573 e. The van der Waals surface area contributed by atoms with Crippen LogP contribution < -0.4 is 4.74 Å². The summed E-state index contributed by atoms with van der Waals surface area (Å²) >= 11 is 6.02. The van der Waals surface area contributed by atoms with E-state index in [-0.39, 0.29) is 5.75 Å². The largest absolute Gasteiger partial charge is 0.573 e. The van der Waals surface area contributed by atoms with Crippen LogP contribution in [0.4, 0.5) is 13.2 Å². The third kappa shape index (κ3) is 3.51. The van der Waals surface area contributed by atoms with Crippen LogP contribution in [0.3, 0.4) is 0 Å². The van der Waals surface area contributed by atoms with E-state index < -0.39 is 6.36 Å². The van der Waals surface area contributed by atoms with Gasteiger partial charge in [0.25, 0.3) is 0 Å². The van der Waals surface area contributed by atoms with Gasteiger partial charge in [-0.2, -0.15) is 0 Å². The molecule has 0 radical (unpaired) electrons. The standard InChI is InChI=1S/C14H8ClF3O2/c15-13-7-9(8-19)1-6-12(13)10-2-4-11(5-3-10)20-14(16,17)18/h1-8H.